The molecule has 0 aliphatic carbocycles. The standard InChI is InChI=1S/C11H21NOS/c1-3-8-14-9-10(12-4-2)11-6-5-7-13-11/h6,10,12H,3-5,7-9H2,1-2H3. The summed E-state index contributed by atoms with van der Waals surface area (Å²) in [5.41, 5.74) is 0. The molecule has 1 rings (SSSR count). The molecule has 1 N–H and O–H groups in total. The van der Waals surface area contributed by atoms with Crippen molar-refractivity contribution in [3.05, 3.63) is 11.8 Å². The lowest BCUT2D eigenvalue weighted by atomic mass is 10.2. The lowest BCUT2D eigenvalue weighted by molar-refractivity contribution is 0.220. The van der Waals surface area contributed by atoms with Crippen LogP contribution in [0.15, 0.2) is 11.8 Å². The van der Waals surface area contributed by atoms with E-state index in [4.69, 9.17) is 4.74 Å². The summed E-state index contributed by atoms with van der Waals surface area (Å²) in [6, 6.07) is 0.430. The molecule has 2 nitrogen and oxygen atoms in total. The van der Waals surface area contributed by atoms with Crippen LogP contribution < -0.4 is 5.32 Å². The quantitative estimate of drug-likeness (QED) is 0.659. The number of hydrogen-bond donors (Lipinski definition) is 1. The minimum Gasteiger partial charge on any atom is -0.496 e. The second-order valence-electron chi connectivity index (χ2n) is 3.43. The molecule has 1 aliphatic rings. The van der Waals surface area contributed by atoms with Crippen LogP contribution in [0.4, 0.5) is 0 Å². The van der Waals surface area contributed by atoms with Crippen LogP contribution in [0.5, 0.6) is 0 Å². The summed E-state index contributed by atoms with van der Waals surface area (Å²) >= 11 is 2.00. The summed E-state index contributed by atoms with van der Waals surface area (Å²) in [7, 11) is 0. The third kappa shape index (κ3) is 3.93. The van der Waals surface area contributed by atoms with E-state index in [9.17, 15) is 0 Å². The summed E-state index contributed by atoms with van der Waals surface area (Å²) in [5, 5.41) is 3.47. The zero-order chi connectivity index (χ0) is 10.2. The molecule has 0 aromatic heterocycles. The van der Waals surface area contributed by atoms with Gasteiger partial charge >= 0.3 is 0 Å². The first-order valence-electron chi connectivity index (χ1n) is 5.52. The summed E-state index contributed by atoms with van der Waals surface area (Å²) < 4.78 is 5.58. The van der Waals surface area contributed by atoms with Gasteiger partial charge in [0, 0.05) is 12.2 Å². The van der Waals surface area contributed by atoms with E-state index < -0.39 is 0 Å². The minimum atomic E-state index is 0.430. The van der Waals surface area contributed by atoms with Crippen molar-refractivity contribution >= 4 is 11.8 Å². The number of thioether (sulfide) groups is 1. The average molecular weight is 215 g/mol. The third-order valence-corrected chi connectivity index (χ3v) is 3.43. The summed E-state index contributed by atoms with van der Waals surface area (Å²) in [5.74, 6) is 3.54. The molecule has 0 radical (unpaired) electrons. The SMILES string of the molecule is CCCSCC(NCC)C1=CCCO1. The van der Waals surface area contributed by atoms with Gasteiger partial charge in [0.05, 0.1) is 12.6 Å². The Morgan fingerprint density at radius 1 is 1.57 bits per heavy atom. The van der Waals surface area contributed by atoms with Crippen LogP contribution >= 0.6 is 11.8 Å². The van der Waals surface area contributed by atoms with Crippen LogP contribution in [0.2, 0.25) is 0 Å². The van der Waals surface area contributed by atoms with E-state index >= 15 is 0 Å². The predicted octanol–water partition coefficient (Wildman–Crippen LogP) is 2.41. The Labute approximate surface area is 91.5 Å². The summed E-state index contributed by atoms with van der Waals surface area (Å²) in [6.07, 6.45) is 4.55. The second-order valence-corrected chi connectivity index (χ2v) is 4.58. The predicted molar refractivity (Wildman–Crippen MR) is 63.7 cm³/mol. The first-order chi connectivity index (χ1) is 6.88. The van der Waals surface area contributed by atoms with Crippen LogP contribution in [0, 0.1) is 0 Å². The number of rotatable bonds is 7. The molecule has 0 saturated carbocycles. The van der Waals surface area contributed by atoms with E-state index in [0.717, 1.165) is 31.1 Å². The number of ether oxygens (including phenoxy) is 1. The third-order valence-electron chi connectivity index (χ3n) is 2.16. The molecule has 0 fully saturated rings. The maximum atomic E-state index is 5.58. The molecule has 0 saturated heterocycles. The van der Waals surface area contributed by atoms with Gasteiger partial charge in [0.2, 0.25) is 0 Å². The van der Waals surface area contributed by atoms with Crippen LogP contribution in [0.3, 0.4) is 0 Å². The highest BCUT2D eigenvalue weighted by Crippen LogP contribution is 2.17. The molecular formula is C11H21NOS. The van der Waals surface area contributed by atoms with Crippen molar-refractivity contribution in [3.8, 4) is 0 Å². The van der Waals surface area contributed by atoms with Gasteiger partial charge in [-0.1, -0.05) is 13.8 Å². The largest absolute Gasteiger partial charge is 0.496 e. The van der Waals surface area contributed by atoms with Gasteiger partial charge in [0.25, 0.3) is 0 Å². The Hall–Kier alpha value is -0.150. The molecule has 1 aliphatic heterocycles. The van der Waals surface area contributed by atoms with Crippen molar-refractivity contribution < 1.29 is 4.74 Å². The van der Waals surface area contributed by atoms with Gasteiger partial charge in [-0.05, 0) is 24.8 Å². The first-order valence-corrected chi connectivity index (χ1v) is 6.68. The fourth-order valence-corrected chi connectivity index (χ4v) is 2.49. The molecule has 0 amide bonds. The Morgan fingerprint density at radius 3 is 3.00 bits per heavy atom. The van der Waals surface area contributed by atoms with Gasteiger partial charge in [0.15, 0.2) is 0 Å². The molecule has 0 spiro atoms. The lowest BCUT2D eigenvalue weighted by Gasteiger charge is -2.18. The fourth-order valence-electron chi connectivity index (χ4n) is 1.51. The van der Waals surface area contributed by atoms with E-state index in [0.29, 0.717) is 6.04 Å². The second kappa shape index (κ2) is 7.18. The Balaban J connectivity index is 2.30. The lowest BCUT2D eigenvalue weighted by Crippen LogP contribution is -2.33. The summed E-state index contributed by atoms with van der Waals surface area (Å²) in [4.78, 5) is 0. The van der Waals surface area contributed by atoms with Gasteiger partial charge in [-0.2, -0.15) is 11.8 Å². The molecule has 0 bridgehead atoms. The van der Waals surface area contributed by atoms with E-state index in [1.807, 2.05) is 11.8 Å². The molecule has 1 heterocycles. The van der Waals surface area contributed by atoms with Crippen LogP contribution in [0.1, 0.15) is 26.7 Å². The molecule has 14 heavy (non-hydrogen) atoms. The molecule has 1 unspecified atom stereocenters. The van der Waals surface area contributed by atoms with E-state index in [-0.39, 0.29) is 0 Å². The maximum absolute atomic E-state index is 5.58. The van der Waals surface area contributed by atoms with E-state index in [1.54, 1.807) is 0 Å². The Bertz CT molecular complexity index is 182. The monoisotopic (exact) mass is 215 g/mol. The molecule has 0 aromatic carbocycles. The van der Waals surface area contributed by atoms with Crippen molar-refractivity contribution in [2.75, 3.05) is 24.7 Å². The van der Waals surface area contributed by atoms with Crippen molar-refractivity contribution in [2.45, 2.75) is 32.7 Å². The average Bonchev–Trinajstić information content (AvgIpc) is 2.70. The zero-order valence-corrected chi connectivity index (χ0v) is 10.0. The minimum absolute atomic E-state index is 0.430. The normalized spacial score (nSPS) is 17.7. The van der Waals surface area contributed by atoms with E-state index in [2.05, 4.69) is 25.2 Å². The summed E-state index contributed by atoms with van der Waals surface area (Å²) in [6.45, 7) is 6.25. The van der Waals surface area contributed by atoms with Crippen molar-refractivity contribution in [2.24, 2.45) is 0 Å². The number of likely N-dealkylation sites (N-methyl/N-ethyl adjacent to an activating group) is 1. The molecule has 82 valence electrons. The van der Waals surface area contributed by atoms with Gasteiger partial charge in [-0.15, -0.1) is 0 Å². The van der Waals surface area contributed by atoms with Crippen LogP contribution in [-0.2, 0) is 4.74 Å². The fraction of sp³-hybridized carbons (Fsp3) is 0.818. The van der Waals surface area contributed by atoms with Gasteiger partial charge in [0.1, 0.15) is 5.76 Å². The zero-order valence-electron chi connectivity index (χ0n) is 9.21. The Morgan fingerprint density at radius 2 is 2.43 bits per heavy atom. The topological polar surface area (TPSA) is 21.3 Å². The van der Waals surface area contributed by atoms with E-state index in [1.165, 1.54) is 12.2 Å². The molecular weight excluding hydrogens is 194 g/mol. The van der Waals surface area contributed by atoms with Crippen LogP contribution in [-0.4, -0.2) is 30.7 Å². The highest BCUT2D eigenvalue weighted by molar-refractivity contribution is 7.99. The highest BCUT2D eigenvalue weighted by Gasteiger charge is 2.17. The van der Waals surface area contributed by atoms with Gasteiger partial charge < -0.3 is 10.1 Å². The van der Waals surface area contributed by atoms with Gasteiger partial charge in [-0.25, -0.2) is 0 Å². The van der Waals surface area contributed by atoms with Crippen molar-refractivity contribution in [1.29, 1.82) is 0 Å². The maximum Gasteiger partial charge on any atom is 0.110 e. The Kier molecular flexibility index (Phi) is 6.12. The van der Waals surface area contributed by atoms with Crippen LogP contribution in [0.25, 0.3) is 0 Å². The molecule has 3 heteroatoms. The van der Waals surface area contributed by atoms with Crippen molar-refractivity contribution in [3.63, 3.8) is 0 Å². The number of hydrogen-bond acceptors (Lipinski definition) is 3. The van der Waals surface area contributed by atoms with Crippen molar-refractivity contribution in [1.82, 2.24) is 5.32 Å². The smallest absolute Gasteiger partial charge is 0.110 e. The highest BCUT2D eigenvalue weighted by atomic mass is 32.2. The molecule has 1 atom stereocenters. The first kappa shape index (κ1) is 11.9. The molecule has 0 aromatic rings. The number of nitrogens with one attached hydrogen (secondary N) is 1. The van der Waals surface area contributed by atoms with Gasteiger partial charge in [-0.3, -0.25) is 0 Å².